The van der Waals surface area contributed by atoms with Crippen LogP contribution in [0.15, 0.2) is 58.4 Å². The molecule has 0 spiro atoms. The van der Waals surface area contributed by atoms with Crippen molar-refractivity contribution in [3.8, 4) is 5.75 Å². The van der Waals surface area contributed by atoms with Crippen LogP contribution in [0.5, 0.6) is 5.75 Å². The van der Waals surface area contributed by atoms with Crippen molar-refractivity contribution in [2.75, 3.05) is 18.2 Å². The first-order chi connectivity index (χ1) is 9.35. The molecule has 0 aliphatic carbocycles. The van der Waals surface area contributed by atoms with Gasteiger partial charge in [0.2, 0.25) is 0 Å². The molecular weight excluding hydrogens is 336 g/mol. The van der Waals surface area contributed by atoms with Gasteiger partial charge in [0, 0.05) is 10.6 Å². The molecule has 0 amide bonds. The summed E-state index contributed by atoms with van der Waals surface area (Å²) in [6.45, 7) is 0. The van der Waals surface area contributed by atoms with E-state index in [1.165, 1.54) is 4.90 Å². The fraction of sp³-hybridized carbons (Fsp3) is 0.133. The largest absolute Gasteiger partial charge is 0.497 e. The molecule has 104 valence electrons. The number of hydrogen-bond donors (Lipinski definition) is 1. The van der Waals surface area contributed by atoms with E-state index in [9.17, 15) is 0 Å². The van der Waals surface area contributed by atoms with Crippen LogP contribution in [0.1, 0.15) is 0 Å². The van der Waals surface area contributed by atoms with Crippen LogP contribution in [0.4, 0.5) is 11.4 Å². The zero-order valence-corrected chi connectivity index (χ0v) is 13.5. The average molecular weight is 351 g/mol. The Kier molecular flexibility index (Phi) is 5.09. The first-order valence-corrected chi connectivity index (χ1v) is 7.04. The van der Waals surface area contributed by atoms with Crippen molar-refractivity contribution in [3.63, 3.8) is 0 Å². The molecule has 1 heterocycles. The number of amidine groups is 1. The smallest absolute Gasteiger partial charge is 0.119 e. The Morgan fingerprint density at radius 1 is 1.10 bits per heavy atom. The third-order valence-electron chi connectivity index (χ3n) is 2.86. The van der Waals surface area contributed by atoms with Crippen molar-refractivity contribution in [2.24, 2.45) is 4.99 Å². The summed E-state index contributed by atoms with van der Waals surface area (Å²) in [7, 11) is 1.67. The molecule has 1 aliphatic heterocycles. The number of rotatable bonds is 2. The van der Waals surface area contributed by atoms with Gasteiger partial charge in [-0.1, -0.05) is 12.1 Å². The molecular formula is C15H15BrN2OS. The number of thioether (sulfide) groups is 1. The molecule has 1 aliphatic rings. The topological polar surface area (TPSA) is 33.6 Å². The Bertz CT molecular complexity index is 614. The molecule has 0 fully saturated rings. The van der Waals surface area contributed by atoms with Gasteiger partial charge < -0.3 is 10.1 Å². The highest BCUT2D eigenvalue weighted by Crippen LogP contribution is 2.33. The van der Waals surface area contributed by atoms with E-state index in [0.29, 0.717) is 0 Å². The molecule has 1 N–H and O–H groups in total. The van der Waals surface area contributed by atoms with Gasteiger partial charge in [0.05, 0.1) is 18.6 Å². The normalized spacial score (nSPS) is 12.8. The Morgan fingerprint density at radius 3 is 2.60 bits per heavy atom. The number of nitrogens with zero attached hydrogens (tertiary/aromatic N) is 1. The molecule has 0 bridgehead atoms. The summed E-state index contributed by atoms with van der Waals surface area (Å²) in [5.41, 5.74) is 2.06. The molecule has 0 unspecified atom stereocenters. The molecule has 0 radical (unpaired) electrons. The molecule has 20 heavy (non-hydrogen) atoms. The van der Waals surface area contributed by atoms with Gasteiger partial charge in [-0.3, -0.25) is 0 Å². The number of anilines is 1. The van der Waals surface area contributed by atoms with E-state index in [1.807, 2.05) is 42.5 Å². The van der Waals surface area contributed by atoms with Crippen LogP contribution in [0.3, 0.4) is 0 Å². The van der Waals surface area contributed by atoms with Crippen LogP contribution >= 0.6 is 28.7 Å². The van der Waals surface area contributed by atoms with Crippen LogP contribution in [-0.2, 0) is 0 Å². The minimum atomic E-state index is 0. The van der Waals surface area contributed by atoms with Gasteiger partial charge in [0.25, 0.3) is 0 Å². The number of hydrogen-bond acceptors (Lipinski definition) is 4. The number of methoxy groups -OCH3 is 1. The number of fused-ring (bicyclic) bond motifs is 1. The van der Waals surface area contributed by atoms with Crippen molar-refractivity contribution in [1.82, 2.24) is 0 Å². The second-order valence-electron chi connectivity index (χ2n) is 4.17. The van der Waals surface area contributed by atoms with E-state index in [2.05, 4.69) is 16.4 Å². The van der Waals surface area contributed by atoms with Crippen LogP contribution < -0.4 is 10.1 Å². The highest BCUT2D eigenvalue weighted by molar-refractivity contribution is 8.93. The van der Waals surface area contributed by atoms with Crippen LogP contribution in [0.2, 0.25) is 0 Å². The number of aliphatic imine (C=N–C) groups is 1. The number of para-hydroxylation sites is 1. The van der Waals surface area contributed by atoms with Gasteiger partial charge in [-0.25, -0.2) is 4.99 Å². The van der Waals surface area contributed by atoms with Crippen molar-refractivity contribution >= 4 is 46.0 Å². The highest BCUT2D eigenvalue weighted by atomic mass is 79.9. The van der Waals surface area contributed by atoms with Gasteiger partial charge >= 0.3 is 0 Å². The Labute approximate surface area is 133 Å². The molecule has 0 aromatic heterocycles. The van der Waals surface area contributed by atoms with Crippen molar-refractivity contribution < 1.29 is 4.74 Å². The Balaban J connectivity index is 0.00000147. The molecule has 3 rings (SSSR count). The summed E-state index contributed by atoms with van der Waals surface area (Å²) in [4.78, 5) is 5.88. The predicted molar refractivity (Wildman–Crippen MR) is 91.2 cm³/mol. The predicted octanol–water partition coefficient (Wildman–Crippen LogP) is 4.52. The molecule has 3 nitrogen and oxygen atoms in total. The molecule has 0 saturated carbocycles. The molecule has 2 aromatic rings. The van der Waals surface area contributed by atoms with E-state index >= 15 is 0 Å². The van der Waals surface area contributed by atoms with E-state index in [1.54, 1.807) is 18.9 Å². The fourth-order valence-corrected chi connectivity index (χ4v) is 2.77. The van der Waals surface area contributed by atoms with Crippen molar-refractivity contribution in [2.45, 2.75) is 4.90 Å². The second kappa shape index (κ2) is 6.81. The van der Waals surface area contributed by atoms with Crippen LogP contribution in [0.25, 0.3) is 0 Å². The number of benzene rings is 2. The van der Waals surface area contributed by atoms with Gasteiger partial charge in [-0.05, 0) is 36.4 Å². The summed E-state index contributed by atoms with van der Waals surface area (Å²) in [6, 6.07) is 16.1. The lowest BCUT2D eigenvalue weighted by Gasteiger charge is -2.16. The maximum atomic E-state index is 5.14. The average Bonchev–Trinajstić information content (AvgIpc) is 2.48. The summed E-state index contributed by atoms with van der Waals surface area (Å²) in [5.74, 6) is 2.70. The number of halogens is 1. The maximum absolute atomic E-state index is 5.14. The molecule has 0 saturated heterocycles. The van der Waals surface area contributed by atoms with Gasteiger partial charge in [-0.15, -0.1) is 28.7 Å². The number of ether oxygens (including phenoxy) is 1. The van der Waals surface area contributed by atoms with E-state index in [0.717, 1.165) is 28.7 Å². The SMILES string of the molecule is Br.COc1ccc(NC2=Nc3ccccc3SC2)cc1. The summed E-state index contributed by atoms with van der Waals surface area (Å²) in [6.07, 6.45) is 0. The summed E-state index contributed by atoms with van der Waals surface area (Å²) >= 11 is 1.81. The first-order valence-electron chi connectivity index (χ1n) is 6.05. The van der Waals surface area contributed by atoms with E-state index < -0.39 is 0 Å². The second-order valence-corrected chi connectivity index (χ2v) is 5.19. The standard InChI is InChI=1S/C15H14N2OS.BrH/c1-18-12-8-6-11(7-9-12)16-15-10-19-14-5-3-2-4-13(14)17-15;/h2-9H,10H2,1H3,(H,16,17);1H. The molecule has 5 heteroatoms. The zero-order chi connectivity index (χ0) is 13.1. The fourth-order valence-electron chi connectivity index (χ4n) is 1.90. The lowest BCUT2D eigenvalue weighted by Crippen LogP contribution is -2.16. The van der Waals surface area contributed by atoms with Gasteiger partial charge in [0.15, 0.2) is 0 Å². The monoisotopic (exact) mass is 350 g/mol. The zero-order valence-electron chi connectivity index (χ0n) is 11.0. The van der Waals surface area contributed by atoms with E-state index in [4.69, 9.17) is 4.74 Å². The van der Waals surface area contributed by atoms with Gasteiger partial charge in [0.1, 0.15) is 11.6 Å². The van der Waals surface area contributed by atoms with Crippen molar-refractivity contribution in [1.29, 1.82) is 0 Å². The molecule has 0 atom stereocenters. The lowest BCUT2D eigenvalue weighted by molar-refractivity contribution is 0.415. The lowest BCUT2D eigenvalue weighted by atomic mass is 10.3. The first kappa shape index (κ1) is 14.9. The number of nitrogens with one attached hydrogen (secondary N) is 1. The molecule has 2 aromatic carbocycles. The van der Waals surface area contributed by atoms with Gasteiger partial charge in [-0.2, -0.15) is 0 Å². The Morgan fingerprint density at radius 2 is 1.85 bits per heavy atom. The third-order valence-corrected chi connectivity index (χ3v) is 3.94. The minimum absolute atomic E-state index is 0. The van der Waals surface area contributed by atoms with E-state index in [-0.39, 0.29) is 17.0 Å². The quantitative estimate of drug-likeness (QED) is 0.864. The van der Waals surface area contributed by atoms with Crippen LogP contribution in [-0.4, -0.2) is 18.7 Å². The maximum Gasteiger partial charge on any atom is 0.119 e. The van der Waals surface area contributed by atoms with Crippen LogP contribution in [0, 0.1) is 0 Å². The highest BCUT2D eigenvalue weighted by Gasteiger charge is 2.11. The Hall–Kier alpha value is -1.46. The third kappa shape index (κ3) is 3.35. The minimum Gasteiger partial charge on any atom is -0.497 e. The summed E-state index contributed by atoms with van der Waals surface area (Å²) in [5, 5.41) is 3.35. The summed E-state index contributed by atoms with van der Waals surface area (Å²) < 4.78 is 5.14. The van der Waals surface area contributed by atoms with Crippen molar-refractivity contribution in [3.05, 3.63) is 48.5 Å².